The molecule has 0 aliphatic carbocycles. The molecule has 0 amide bonds. The van der Waals surface area contributed by atoms with Crippen molar-refractivity contribution in [1.82, 2.24) is 9.03 Å². The van der Waals surface area contributed by atoms with E-state index in [9.17, 15) is 8.42 Å². The second-order valence-electron chi connectivity index (χ2n) is 5.60. The predicted molar refractivity (Wildman–Crippen MR) is 87.3 cm³/mol. The summed E-state index contributed by atoms with van der Waals surface area (Å²) in [6.07, 6.45) is 0.778. The molecule has 120 valence electrons. The molecule has 0 saturated carbocycles. The van der Waals surface area contributed by atoms with Crippen molar-refractivity contribution in [2.45, 2.75) is 39.2 Å². The van der Waals surface area contributed by atoms with E-state index in [0.29, 0.717) is 12.5 Å². The molecular weight excluding hydrogens is 286 g/mol. The summed E-state index contributed by atoms with van der Waals surface area (Å²) < 4.78 is 27.8. The minimum Gasteiger partial charge on any atom is -0.323 e. The zero-order valence-corrected chi connectivity index (χ0v) is 14.2. The van der Waals surface area contributed by atoms with E-state index in [1.54, 1.807) is 7.05 Å². The summed E-state index contributed by atoms with van der Waals surface area (Å²) in [5, 5.41) is 0. The molecule has 1 aromatic rings. The maximum Gasteiger partial charge on any atom is 0.279 e. The van der Waals surface area contributed by atoms with E-state index in [-0.39, 0.29) is 12.6 Å². The van der Waals surface area contributed by atoms with E-state index in [2.05, 4.69) is 18.6 Å². The highest BCUT2D eigenvalue weighted by Gasteiger charge is 2.18. The van der Waals surface area contributed by atoms with Gasteiger partial charge in [0.15, 0.2) is 0 Å². The maximum atomic E-state index is 12.0. The second-order valence-corrected chi connectivity index (χ2v) is 7.47. The number of benzene rings is 1. The van der Waals surface area contributed by atoms with Gasteiger partial charge in [0.25, 0.3) is 10.2 Å². The molecule has 1 aromatic carbocycles. The second kappa shape index (κ2) is 7.89. The summed E-state index contributed by atoms with van der Waals surface area (Å²) in [5.41, 5.74) is 8.23. The Morgan fingerprint density at radius 1 is 1.19 bits per heavy atom. The summed E-state index contributed by atoms with van der Waals surface area (Å²) in [5.74, 6) is 0.469. The van der Waals surface area contributed by atoms with Crippen LogP contribution >= 0.6 is 0 Å². The third-order valence-corrected chi connectivity index (χ3v) is 5.00. The summed E-state index contributed by atoms with van der Waals surface area (Å²) in [7, 11) is -1.88. The lowest BCUT2D eigenvalue weighted by Gasteiger charge is -2.19. The summed E-state index contributed by atoms with van der Waals surface area (Å²) in [6, 6.07) is 7.65. The van der Waals surface area contributed by atoms with Gasteiger partial charge in [-0.05, 0) is 23.5 Å². The zero-order chi connectivity index (χ0) is 16.0. The number of hydrogen-bond donors (Lipinski definition) is 2. The van der Waals surface area contributed by atoms with Crippen molar-refractivity contribution in [1.29, 1.82) is 0 Å². The Balaban J connectivity index is 2.63. The molecule has 0 aliphatic rings. The Bertz CT molecular complexity index is 526. The van der Waals surface area contributed by atoms with Crippen molar-refractivity contribution < 1.29 is 8.42 Å². The highest BCUT2D eigenvalue weighted by Crippen LogP contribution is 2.17. The van der Waals surface area contributed by atoms with Crippen molar-refractivity contribution in [3.8, 4) is 0 Å². The first-order valence-corrected chi connectivity index (χ1v) is 8.78. The van der Waals surface area contributed by atoms with Gasteiger partial charge in [0.1, 0.15) is 0 Å². The molecule has 0 fully saturated rings. The standard InChI is InChI=1S/C15H27N3O2S/c1-5-10-18(4)21(19,20)17-11-15(16)14-8-6-13(7-9-14)12(2)3/h6-9,12,15,17H,5,10-11,16H2,1-4H3. The first kappa shape index (κ1) is 18.1. The minimum atomic E-state index is -3.44. The van der Waals surface area contributed by atoms with Gasteiger partial charge in [0.05, 0.1) is 0 Å². The summed E-state index contributed by atoms with van der Waals surface area (Å²) >= 11 is 0. The number of nitrogens with zero attached hydrogens (tertiary/aromatic N) is 1. The van der Waals surface area contributed by atoms with Crippen molar-refractivity contribution >= 4 is 10.2 Å². The monoisotopic (exact) mass is 313 g/mol. The molecule has 21 heavy (non-hydrogen) atoms. The summed E-state index contributed by atoms with van der Waals surface area (Å²) in [4.78, 5) is 0. The molecule has 1 atom stereocenters. The van der Waals surface area contributed by atoms with Crippen LogP contribution in [0.1, 0.15) is 50.3 Å². The van der Waals surface area contributed by atoms with Crippen LogP contribution in [0.15, 0.2) is 24.3 Å². The van der Waals surface area contributed by atoms with Crippen LogP contribution in [0.2, 0.25) is 0 Å². The molecule has 1 unspecified atom stereocenters. The normalized spacial score (nSPS) is 13.9. The van der Waals surface area contributed by atoms with E-state index in [0.717, 1.165) is 12.0 Å². The Morgan fingerprint density at radius 2 is 1.71 bits per heavy atom. The van der Waals surface area contributed by atoms with Crippen molar-refractivity contribution in [2.24, 2.45) is 5.73 Å². The largest absolute Gasteiger partial charge is 0.323 e. The van der Waals surface area contributed by atoms with Gasteiger partial charge in [-0.3, -0.25) is 0 Å². The molecular formula is C15H27N3O2S. The van der Waals surface area contributed by atoms with Gasteiger partial charge < -0.3 is 5.73 Å². The van der Waals surface area contributed by atoms with Crippen molar-refractivity contribution in [3.05, 3.63) is 35.4 Å². The molecule has 6 heteroatoms. The van der Waals surface area contributed by atoms with Crippen LogP contribution in [0.4, 0.5) is 0 Å². The molecule has 0 heterocycles. The van der Waals surface area contributed by atoms with Gasteiger partial charge in [-0.25, -0.2) is 4.72 Å². The SMILES string of the molecule is CCCN(C)S(=O)(=O)NCC(N)c1ccc(C(C)C)cc1. The first-order chi connectivity index (χ1) is 9.77. The van der Waals surface area contributed by atoms with E-state index in [4.69, 9.17) is 5.73 Å². The molecule has 5 nitrogen and oxygen atoms in total. The highest BCUT2D eigenvalue weighted by molar-refractivity contribution is 7.87. The molecule has 0 bridgehead atoms. The fraction of sp³-hybridized carbons (Fsp3) is 0.600. The molecule has 0 aromatic heterocycles. The van der Waals surface area contributed by atoms with Gasteiger partial charge in [-0.1, -0.05) is 45.0 Å². The minimum absolute atomic E-state index is 0.192. The van der Waals surface area contributed by atoms with Crippen LogP contribution in [0.25, 0.3) is 0 Å². The summed E-state index contributed by atoms with van der Waals surface area (Å²) in [6.45, 7) is 6.89. The number of rotatable bonds is 8. The first-order valence-electron chi connectivity index (χ1n) is 7.34. The van der Waals surface area contributed by atoms with Gasteiger partial charge >= 0.3 is 0 Å². The number of nitrogens with one attached hydrogen (secondary N) is 1. The molecule has 1 rings (SSSR count). The maximum absolute atomic E-state index is 12.0. The molecule has 0 radical (unpaired) electrons. The molecule has 3 N–H and O–H groups in total. The van der Waals surface area contributed by atoms with Crippen LogP contribution in [0, 0.1) is 0 Å². The average Bonchev–Trinajstić information content (AvgIpc) is 2.45. The topological polar surface area (TPSA) is 75.4 Å². The van der Waals surface area contributed by atoms with Gasteiger partial charge in [-0.15, -0.1) is 0 Å². The smallest absolute Gasteiger partial charge is 0.279 e. The van der Waals surface area contributed by atoms with E-state index >= 15 is 0 Å². The fourth-order valence-corrected chi connectivity index (χ4v) is 3.02. The predicted octanol–water partition coefficient (Wildman–Crippen LogP) is 1.99. The molecule has 0 saturated heterocycles. The fourth-order valence-electron chi connectivity index (χ4n) is 1.99. The van der Waals surface area contributed by atoms with Crippen LogP contribution in [-0.4, -0.2) is 32.9 Å². The van der Waals surface area contributed by atoms with Gasteiger partial charge in [0, 0.05) is 26.2 Å². The van der Waals surface area contributed by atoms with E-state index in [1.807, 2.05) is 31.2 Å². The van der Waals surface area contributed by atoms with Crippen molar-refractivity contribution in [2.75, 3.05) is 20.1 Å². The van der Waals surface area contributed by atoms with E-state index in [1.165, 1.54) is 9.87 Å². The molecule has 0 aliphatic heterocycles. The lowest BCUT2D eigenvalue weighted by atomic mass is 9.99. The highest BCUT2D eigenvalue weighted by atomic mass is 32.2. The quantitative estimate of drug-likeness (QED) is 0.770. The lowest BCUT2D eigenvalue weighted by Crippen LogP contribution is -2.41. The Morgan fingerprint density at radius 3 is 2.19 bits per heavy atom. The van der Waals surface area contributed by atoms with Gasteiger partial charge in [-0.2, -0.15) is 12.7 Å². The Labute approximate surface area is 128 Å². The average molecular weight is 313 g/mol. The van der Waals surface area contributed by atoms with Crippen LogP contribution in [0.3, 0.4) is 0 Å². The Kier molecular flexibility index (Phi) is 6.80. The van der Waals surface area contributed by atoms with Crippen LogP contribution in [0.5, 0.6) is 0 Å². The lowest BCUT2D eigenvalue weighted by molar-refractivity contribution is 0.454. The third-order valence-electron chi connectivity index (χ3n) is 3.47. The third kappa shape index (κ3) is 5.39. The number of nitrogens with two attached hydrogens (primary N) is 1. The zero-order valence-electron chi connectivity index (χ0n) is 13.3. The van der Waals surface area contributed by atoms with Crippen LogP contribution < -0.4 is 10.5 Å². The van der Waals surface area contributed by atoms with Crippen LogP contribution in [-0.2, 0) is 10.2 Å². The van der Waals surface area contributed by atoms with Crippen molar-refractivity contribution in [3.63, 3.8) is 0 Å². The molecule has 0 spiro atoms. The van der Waals surface area contributed by atoms with Gasteiger partial charge in [0.2, 0.25) is 0 Å². The Hall–Kier alpha value is -0.950. The van der Waals surface area contributed by atoms with E-state index < -0.39 is 10.2 Å². The number of hydrogen-bond acceptors (Lipinski definition) is 3.